The van der Waals surface area contributed by atoms with Crippen LogP contribution in [0.5, 0.6) is 5.75 Å². The quantitative estimate of drug-likeness (QED) is 0.292. The van der Waals surface area contributed by atoms with E-state index in [1.54, 1.807) is 47.9 Å². The van der Waals surface area contributed by atoms with Gasteiger partial charge in [-0.25, -0.2) is 9.87 Å². The zero-order chi connectivity index (χ0) is 23.3. The highest BCUT2D eigenvalue weighted by molar-refractivity contribution is 6.04. The first-order chi connectivity index (χ1) is 15.2. The lowest BCUT2D eigenvalue weighted by Gasteiger charge is -2.17. The molecule has 0 aromatic heterocycles. The average molecular weight is 448 g/mol. The molecule has 0 aliphatic rings. The van der Waals surface area contributed by atoms with Gasteiger partial charge in [0.1, 0.15) is 11.6 Å². The molecule has 166 valence electrons. The van der Waals surface area contributed by atoms with E-state index in [2.05, 4.69) is 10.1 Å². The van der Waals surface area contributed by atoms with Gasteiger partial charge >= 0.3 is 6.36 Å². The Morgan fingerprint density at radius 1 is 0.906 bits per heavy atom. The summed E-state index contributed by atoms with van der Waals surface area (Å²) in [6.07, 6.45) is -4.99. The molecule has 0 spiro atoms. The van der Waals surface area contributed by atoms with Gasteiger partial charge in [0.2, 0.25) is 0 Å². The van der Waals surface area contributed by atoms with Gasteiger partial charge in [-0.15, -0.1) is 13.2 Å². The van der Waals surface area contributed by atoms with E-state index in [0.717, 1.165) is 12.1 Å². The molecule has 0 aliphatic carbocycles. The Labute approximate surface area is 179 Å². The van der Waals surface area contributed by atoms with Crippen LogP contribution >= 0.6 is 0 Å². The number of nitrogens with one attached hydrogen (secondary N) is 2. The van der Waals surface area contributed by atoms with Gasteiger partial charge in [0.15, 0.2) is 0 Å². The molecule has 1 unspecified atom stereocenters. The number of alkyl halides is 3. The fourth-order valence-corrected chi connectivity index (χ4v) is 3.08. The summed E-state index contributed by atoms with van der Waals surface area (Å²) >= 11 is 0. The van der Waals surface area contributed by atoms with Gasteiger partial charge in [0, 0.05) is 11.8 Å². The Bertz CT molecular complexity index is 1120. The van der Waals surface area contributed by atoms with E-state index in [9.17, 15) is 27.2 Å². The maximum Gasteiger partial charge on any atom is 0.573 e. The molecule has 0 heterocycles. The summed E-state index contributed by atoms with van der Waals surface area (Å²) in [4.78, 5) is 24.7. The first-order valence-corrected chi connectivity index (χ1v) is 9.13. The standard InChI is InChI=1S/C22H16F4N2O4/c23-18-12-16(32-22(24,25)26)9-10-17(18)20(29)27-15-8-4-7-14(11-15)19(21(30)28-31)13-5-2-1-3-6-13/h1-12,19,31H,(H,27,29)(H,28,30). The highest BCUT2D eigenvalue weighted by Gasteiger charge is 2.31. The van der Waals surface area contributed by atoms with E-state index < -0.39 is 41.2 Å². The van der Waals surface area contributed by atoms with E-state index in [0.29, 0.717) is 17.2 Å². The molecule has 3 rings (SSSR count). The molecule has 3 N–H and O–H groups in total. The van der Waals surface area contributed by atoms with Crippen molar-refractivity contribution in [3.05, 3.63) is 95.3 Å². The fourth-order valence-electron chi connectivity index (χ4n) is 3.08. The number of anilines is 1. The van der Waals surface area contributed by atoms with E-state index in [-0.39, 0.29) is 5.69 Å². The van der Waals surface area contributed by atoms with Crippen LogP contribution < -0.4 is 15.5 Å². The molecular weight excluding hydrogens is 432 g/mol. The highest BCUT2D eigenvalue weighted by Crippen LogP contribution is 2.28. The van der Waals surface area contributed by atoms with Gasteiger partial charge in [-0.3, -0.25) is 14.8 Å². The summed E-state index contributed by atoms with van der Waals surface area (Å²) in [6, 6.07) is 16.8. The van der Waals surface area contributed by atoms with E-state index >= 15 is 0 Å². The third-order valence-corrected chi connectivity index (χ3v) is 4.40. The van der Waals surface area contributed by atoms with Gasteiger partial charge in [-0.1, -0.05) is 42.5 Å². The van der Waals surface area contributed by atoms with Crippen LogP contribution in [-0.4, -0.2) is 23.4 Å². The largest absolute Gasteiger partial charge is 0.573 e. The minimum absolute atomic E-state index is 0.203. The molecule has 3 aromatic rings. The number of hydrogen-bond acceptors (Lipinski definition) is 4. The van der Waals surface area contributed by atoms with E-state index in [1.807, 2.05) is 0 Å². The number of amides is 2. The summed E-state index contributed by atoms with van der Waals surface area (Å²) in [6.45, 7) is 0. The third kappa shape index (κ3) is 5.61. The van der Waals surface area contributed by atoms with Crippen LogP contribution in [0.4, 0.5) is 23.2 Å². The Kier molecular flexibility index (Phi) is 6.74. The number of rotatable bonds is 6. The first kappa shape index (κ1) is 22.8. The molecule has 32 heavy (non-hydrogen) atoms. The third-order valence-electron chi connectivity index (χ3n) is 4.40. The molecule has 0 bridgehead atoms. The SMILES string of the molecule is O=C(Nc1cccc(C(C(=O)NO)c2ccccc2)c1)c1ccc(OC(F)(F)F)cc1F. The molecular formula is C22H16F4N2O4. The zero-order valence-corrected chi connectivity index (χ0v) is 16.2. The summed E-state index contributed by atoms with van der Waals surface area (Å²) in [5.41, 5.74) is 2.31. The van der Waals surface area contributed by atoms with Crippen molar-refractivity contribution < 1.29 is 37.1 Å². The van der Waals surface area contributed by atoms with Crippen molar-refractivity contribution in [3.8, 4) is 5.75 Å². The number of carbonyl (C=O) groups is 2. The van der Waals surface area contributed by atoms with Crippen molar-refractivity contribution in [3.63, 3.8) is 0 Å². The lowest BCUT2D eigenvalue weighted by molar-refractivity contribution is -0.274. The van der Waals surface area contributed by atoms with Crippen LogP contribution in [0.25, 0.3) is 0 Å². The van der Waals surface area contributed by atoms with Gasteiger partial charge < -0.3 is 10.1 Å². The predicted octanol–water partition coefficient (Wildman–Crippen LogP) is 4.61. The smallest absolute Gasteiger partial charge is 0.406 e. The minimum atomic E-state index is -4.99. The van der Waals surface area contributed by atoms with E-state index in [4.69, 9.17) is 5.21 Å². The molecule has 3 aromatic carbocycles. The van der Waals surface area contributed by atoms with E-state index in [1.165, 1.54) is 12.1 Å². The highest BCUT2D eigenvalue weighted by atomic mass is 19.4. The zero-order valence-electron chi connectivity index (χ0n) is 16.2. The monoisotopic (exact) mass is 448 g/mol. The number of carbonyl (C=O) groups excluding carboxylic acids is 2. The van der Waals surface area contributed by atoms with Crippen molar-refractivity contribution >= 4 is 17.5 Å². The Hall–Kier alpha value is -3.92. The van der Waals surface area contributed by atoms with Crippen LogP contribution in [0.1, 0.15) is 27.4 Å². The van der Waals surface area contributed by atoms with Gasteiger partial charge in [0.05, 0.1) is 11.5 Å². The topological polar surface area (TPSA) is 87.7 Å². The molecule has 10 heteroatoms. The molecule has 6 nitrogen and oxygen atoms in total. The van der Waals surface area contributed by atoms with Crippen LogP contribution in [-0.2, 0) is 4.79 Å². The van der Waals surface area contributed by atoms with Crippen molar-refractivity contribution in [2.45, 2.75) is 12.3 Å². The first-order valence-electron chi connectivity index (χ1n) is 9.13. The molecule has 1 atom stereocenters. The Morgan fingerprint density at radius 2 is 1.59 bits per heavy atom. The lowest BCUT2D eigenvalue weighted by Crippen LogP contribution is -2.27. The van der Waals surface area contributed by atoms with Crippen molar-refractivity contribution in [2.75, 3.05) is 5.32 Å². The van der Waals surface area contributed by atoms with Crippen molar-refractivity contribution in [1.29, 1.82) is 0 Å². The number of benzene rings is 3. The van der Waals surface area contributed by atoms with Crippen LogP contribution in [0.15, 0.2) is 72.8 Å². The molecule has 0 saturated heterocycles. The maximum atomic E-state index is 14.2. The molecule has 0 saturated carbocycles. The predicted molar refractivity (Wildman–Crippen MR) is 106 cm³/mol. The Morgan fingerprint density at radius 3 is 2.22 bits per heavy atom. The molecule has 0 radical (unpaired) electrons. The van der Waals surface area contributed by atoms with Crippen molar-refractivity contribution in [1.82, 2.24) is 5.48 Å². The summed E-state index contributed by atoms with van der Waals surface area (Å²) in [5.74, 6) is -4.52. The number of ether oxygens (including phenoxy) is 1. The molecule has 0 fully saturated rings. The fraction of sp³-hybridized carbons (Fsp3) is 0.0909. The number of hydroxylamine groups is 1. The summed E-state index contributed by atoms with van der Waals surface area (Å²) < 4.78 is 54.6. The number of hydrogen-bond donors (Lipinski definition) is 3. The second-order valence-corrected chi connectivity index (χ2v) is 6.59. The normalized spacial score (nSPS) is 12.0. The second kappa shape index (κ2) is 9.48. The van der Waals surface area contributed by atoms with Gasteiger partial charge in [0.25, 0.3) is 11.8 Å². The number of halogens is 4. The van der Waals surface area contributed by atoms with Gasteiger partial charge in [-0.05, 0) is 35.4 Å². The average Bonchev–Trinajstić information content (AvgIpc) is 2.73. The summed E-state index contributed by atoms with van der Waals surface area (Å²) in [5, 5.41) is 11.6. The Balaban J connectivity index is 1.84. The van der Waals surface area contributed by atoms with Crippen LogP contribution in [0, 0.1) is 5.82 Å². The molecule has 2 amide bonds. The lowest BCUT2D eigenvalue weighted by atomic mass is 9.90. The minimum Gasteiger partial charge on any atom is -0.406 e. The second-order valence-electron chi connectivity index (χ2n) is 6.59. The van der Waals surface area contributed by atoms with Gasteiger partial charge in [-0.2, -0.15) is 0 Å². The molecule has 0 aliphatic heterocycles. The summed E-state index contributed by atoms with van der Waals surface area (Å²) in [7, 11) is 0. The van der Waals surface area contributed by atoms with Crippen LogP contribution in [0.2, 0.25) is 0 Å². The van der Waals surface area contributed by atoms with Crippen molar-refractivity contribution in [2.24, 2.45) is 0 Å². The maximum absolute atomic E-state index is 14.2. The van der Waals surface area contributed by atoms with Crippen LogP contribution in [0.3, 0.4) is 0 Å².